The number of carbonyl (C=O) groups is 2. The van der Waals surface area contributed by atoms with Gasteiger partial charge in [0.05, 0.1) is 5.69 Å². The summed E-state index contributed by atoms with van der Waals surface area (Å²) in [5.74, 6) is -1.51. The summed E-state index contributed by atoms with van der Waals surface area (Å²) in [5, 5.41) is 16.0. The number of hydrogen-bond acceptors (Lipinski definition) is 5. The molecule has 0 aliphatic rings. The third kappa shape index (κ3) is 5.09. The lowest BCUT2D eigenvalue weighted by Crippen LogP contribution is -2.36. The van der Waals surface area contributed by atoms with E-state index < -0.39 is 11.8 Å². The summed E-state index contributed by atoms with van der Waals surface area (Å²) in [6.07, 6.45) is 0.572. The van der Waals surface area contributed by atoms with Crippen molar-refractivity contribution in [1.29, 1.82) is 0 Å². The van der Waals surface area contributed by atoms with E-state index >= 15 is 0 Å². The molecule has 0 aliphatic heterocycles. The van der Waals surface area contributed by atoms with Gasteiger partial charge in [0.1, 0.15) is 10.8 Å². The molecule has 144 valence electrons. The molecular weight excluding hydrogens is 398 g/mol. The maximum Gasteiger partial charge on any atom is 0.313 e. The molecule has 3 aromatic rings. The van der Waals surface area contributed by atoms with Gasteiger partial charge in [-0.25, -0.2) is 4.98 Å². The van der Waals surface area contributed by atoms with Gasteiger partial charge in [-0.15, -0.1) is 11.3 Å². The molecule has 0 fully saturated rings. The second-order valence-corrected chi connectivity index (χ2v) is 7.56. The van der Waals surface area contributed by atoms with Crippen LogP contribution >= 0.6 is 22.9 Å². The Hall–Kier alpha value is -2.90. The van der Waals surface area contributed by atoms with Crippen molar-refractivity contribution < 1.29 is 14.7 Å². The molecule has 0 spiro atoms. The van der Waals surface area contributed by atoms with Gasteiger partial charge >= 0.3 is 11.8 Å². The van der Waals surface area contributed by atoms with Crippen LogP contribution in [-0.2, 0) is 16.0 Å². The summed E-state index contributed by atoms with van der Waals surface area (Å²) in [4.78, 5) is 29.5. The smallest absolute Gasteiger partial charge is 0.313 e. The van der Waals surface area contributed by atoms with Gasteiger partial charge in [0, 0.05) is 40.2 Å². The first-order valence-electron chi connectivity index (χ1n) is 8.53. The van der Waals surface area contributed by atoms with E-state index in [1.54, 1.807) is 23.5 Å². The number of aryl methyl sites for hydroxylation is 1. The minimum atomic E-state index is -0.784. The average Bonchev–Trinajstić information content (AvgIpc) is 3.03. The molecule has 6 nitrogen and oxygen atoms in total. The van der Waals surface area contributed by atoms with E-state index in [2.05, 4.69) is 15.6 Å². The molecule has 0 aliphatic carbocycles. The highest BCUT2D eigenvalue weighted by molar-refractivity contribution is 7.15. The number of nitrogens with zero attached hydrogens (tertiary/aromatic N) is 1. The van der Waals surface area contributed by atoms with Crippen LogP contribution in [0, 0.1) is 6.92 Å². The molecule has 3 rings (SSSR count). The van der Waals surface area contributed by atoms with Gasteiger partial charge < -0.3 is 15.7 Å². The predicted molar refractivity (Wildman–Crippen MR) is 111 cm³/mol. The quantitative estimate of drug-likeness (QED) is 0.553. The van der Waals surface area contributed by atoms with Crippen molar-refractivity contribution in [2.24, 2.45) is 0 Å². The first-order valence-corrected chi connectivity index (χ1v) is 9.72. The fraction of sp³-hybridized carbons (Fsp3) is 0.150. The summed E-state index contributed by atoms with van der Waals surface area (Å²) in [6.45, 7) is 2.23. The SMILES string of the molecule is Cc1nc(-c2ccc(Cl)cc2)sc1CCNC(=O)C(=O)Nc1cccc(O)c1. The number of nitrogens with one attached hydrogen (secondary N) is 2. The van der Waals surface area contributed by atoms with Crippen molar-refractivity contribution in [2.75, 3.05) is 11.9 Å². The number of rotatable bonds is 5. The maximum absolute atomic E-state index is 12.0. The van der Waals surface area contributed by atoms with Gasteiger partial charge in [0.25, 0.3) is 0 Å². The Labute approximate surface area is 171 Å². The lowest BCUT2D eigenvalue weighted by Gasteiger charge is -2.06. The van der Waals surface area contributed by atoms with E-state index in [1.165, 1.54) is 12.1 Å². The number of carbonyl (C=O) groups excluding carboxylic acids is 2. The van der Waals surface area contributed by atoms with E-state index in [1.807, 2.05) is 31.2 Å². The van der Waals surface area contributed by atoms with Gasteiger partial charge in [0.15, 0.2) is 0 Å². The van der Waals surface area contributed by atoms with Gasteiger partial charge in [0.2, 0.25) is 0 Å². The van der Waals surface area contributed by atoms with Gasteiger partial charge in [-0.05, 0) is 31.2 Å². The molecule has 1 heterocycles. The van der Waals surface area contributed by atoms with Crippen LogP contribution in [-0.4, -0.2) is 28.4 Å². The molecule has 2 aromatic carbocycles. The van der Waals surface area contributed by atoms with Crippen molar-refractivity contribution >= 4 is 40.4 Å². The zero-order valence-electron chi connectivity index (χ0n) is 15.0. The van der Waals surface area contributed by atoms with E-state index in [-0.39, 0.29) is 5.75 Å². The number of aromatic hydroxyl groups is 1. The third-order valence-corrected chi connectivity index (χ3v) is 5.45. The largest absolute Gasteiger partial charge is 0.508 e. The number of phenolic OH excluding ortho intramolecular Hbond substituents is 1. The highest BCUT2D eigenvalue weighted by Gasteiger charge is 2.15. The predicted octanol–water partition coefficient (Wildman–Crippen LogP) is 3.77. The van der Waals surface area contributed by atoms with Crippen molar-refractivity contribution in [3.63, 3.8) is 0 Å². The molecule has 0 radical (unpaired) electrons. The summed E-state index contributed by atoms with van der Waals surface area (Å²) in [6, 6.07) is 13.5. The first kappa shape index (κ1) is 19.9. The Bertz CT molecular complexity index is 1000. The third-order valence-electron chi connectivity index (χ3n) is 3.93. The van der Waals surface area contributed by atoms with Crippen LogP contribution in [0.4, 0.5) is 5.69 Å². The number of benzene rings is 2. The minimum Gasteiger partial charge on any atom is -0.508 e. The molecule has 0 bridgehead atoms. The summed E-state index contributed by atoms with van der Waals surface area (Å²) in [7, 11) is 0. The average molecular weight is 416 g/mol. The normalized spacial score (nSPS) is 10.5. The summed E-state index contributed by atoms with van der Waals surface area (Å²) in [5.41, 5.74) is 2.23. The molecule has 28 heavy (non-hydrogen) atoms. The standard InChI is InChI=1S/C20H18ClN3O3S/c1-12-17(28-20(23-12)13-5-7-14(21)8-6-13)9-10-22-18(26)19(27)24-15-3-2-4-16(25)11-15/h2-8,11,25H,9-10H2,1H3,(H,22,26)(H,24,27). The molecule has 0 saturated carbocycles. The van der Waals surface area contributed by atoms with Crippen molar-refractivity contribution in [2.45, 2.75) is 13.3 Å². The number of thiazole rings is 1. The Morgan fingerprint density at radius 3 is 2.61 bits per heavy atom. The van der Waals surface area contributed by atoms with E-state index in [9.17, 15) is 14.7 Å². The molecular formula is C20H18ClN3O3S. The van der Waals surface area contributed by atoms with Crippen molar-refractivity contribution in [3.8, 4) is 16.3 Å². The Kier molecular flexibility index (Phi) is 6.28. The van der Waals surface area contributed by atoms with E-state index in [4.69, 9.17) is 11.6 Å². The first-order chi connectivity index (χ1) is 13.4. The van der Waals surface area contributed by atoms with Crippen LogP contribution in [0.5, 0.6) is 5.75 Å². The van der Waals surface area contributed by atoms with Crippen LogP contribution < -0.4 is 10.6 Å². The van der Waals surface area contributed by atoms with Crippen molar-refractivity contribution in [3.05, 3.63) is 64.1 Å². The molecule has 0 saturated heterocycles. The maximum atomic E-state index is 12.0. The van der Waals surface area contributed by atoms with E-state index in [0.29, 0.717) is 23.7 Å². The van der Waals surface area contributed by atoms with E-state index in [0.717, 1.165) is 21.1 Å². The van der Waals surface area contributed by atoms with Gasteiger partial charge in [-0.3, -0.25) is 9.59 Å². The van der Waals surface area contributed by atoms with Crippen LogP contribution in [0.15, 0.2) is 48.5 Å². The zero-order chi connectivity index (χ0) is 20.1. The molecule has 1 aromatic heterocycles. The van der Waals surface area contributed by atoms with Crippen LogP contribution in [0.2, 0.25) is 5.02 Å². The number of amides is 2. The minimum absolute atomic E-state index is 0.00960. The van der Waals surface area contributed by atoms with Crippen LogP contribution in [0.1, 0.15) is 10.6 Å². The summed E-state index contributed by atoms with van der Waals surface area (Å²) >= 11 is 7.46. The lowest BCUT2D eigenvalue weighted by molar-refractivity contribution is -0.136. The Morgan fingerprint density at radius 1 is 1.14 bits per heavy atom. The number of halogens is 1. The van der Waals surface area contributed by atoms with Crippen LogP contribution in [0.3, 0.4) is 0 Å². The Balaban J connectivity index is 1.53. The number of aromatic nitrogens is 1. The highest BCUT2D eigenvalue weighted by Crippen LogP contribution is 2.29. The van der Waals surface area contributed by atoms with Gasteiger partial charge in [-0.1, -0.05) is 29.8 Å². The monoisotopic (exact) mass is 415 g/mol. The lowest BCUT2D eigenvalue weighted by atomic mass is 10.2. The molecule has 3 N–H and O–H groups in total. The summed E-state index contributed by atoms with van der Waals surface area (Å²) < 4.78 is 0. The molecule has 0 atom stereocenters. The van der Waals surface area contributed by atoms with Gasteiger partial charge in [-0.2, -0.15) is 0 Å². The number of phenols is 1. The molecule has 8 heteroatoms. The Morgan fingerprint density at radius 2 is 1.89 bits per heavy atom. The second-order valence-electron chi connectivity index (χ2n) is 6.04. The van der Waals surface area contributed by atoms with Crippen LogP contribution in [0.25, 0.3) is 10.6 Å². The number of anilines is 1. The topological polar surface area (TPSA) is 91.3 Å². The fourth-order valence-corrected chi connectivity index (χ4v) is 3.71. The number of hydrogen-bond donors (Lipinski definition) is 3. The molecule has 2 amide bonds. The zero-order valence-corrected chi connectivity index (χ0v) is 16.6. The van der Waals surface area contributed by atoms with Crippen molar-refractivity contribution in [1.82, 2.24) is 10.3 Å². The fourth-order valence-electron chi connectivity index (χ4n) is 2.52. The molecule has 0 unspecified atom stereocenters. The highest BCUT2D eigenvalue weighted by atomic mass is 35.5. The second kappa shape index (κ2) is 8.86.